The van der Waals surface area contributed by atoms with Crippen molar-refractivity contribution in [3.05, 3.63) is 48.7 Å². The second kappa shape index (κ2) is 5.14. The molecule has 1 aliphatic rings. The molecule has 21 heavy (non-hydrogen) atoms. The van der Waals surface area contributed by atoms with E-state index in [9.17, 15) is 0 Å². The Morgan fingerprint density at radius 1 is 1.24 bits per heavy atom. The van der Waals surface area contributed by atoms with E-state index in [0.29, 0.717) is 11.6 Å². The molecule has 0 amide bonds. The molecular weight excluding hydrogens is 268 g/mol. The van der Waals surface area contributed by atoms with Crippen LogP contribution in [0.25, 0.3) is 17.3 Å². The Morgan fingerprint density at radius 2 is 2.24 bits per heavy atom. The fourth-order valence-corrected chi connectivity index (χ4v) is 2.49. The molecular formula is C15H14N4O2. The number of hydrogen-bond donors (Lipinski definition) is 0. The van der Waals surface area contributed by atoms with Crippen LogP contribution in [0.15, 0.2) is 47.3 Å². The van der Waals surface area contributed by atoms with Crippen molar-refractivity contribution in [3.8, 4) is 17.3 Å². The van der Waals surface area contributed by atoms with Crippen molar-refractivity contribution in [2.75, 3.05) is 6.61 Å². The van der Waals surface area contributed by atoms with Crippen molar-refractivity contribution in [2.45, 2.75) is 18.9 Å². The molecule has 3 aromatic rings. The van der Waals surface area contributed by atoms with Crippen molar-refractivity contribution in [3.63, 3.8) is 0 Å². The van der Waals surface area contributed by atoms with E-state index in [2.05, 4.69) is 15.1 Å². The monoisotopic (exact) mass is 282 g/mol. The first-order chi connectivity index (χ1) is 10.4. The van der Waals surface area contributed by atoms with Crippen LogP contribution in [0.1, 0.15) is 24.8 Å². The molecule has 1 saturated heterocycles. The van der Waals surface area contributed by atoms with Crippen molar-refractivity contribution in [1.82, 2.24) is 19.7 Å². The maximum Gasteiger partial charge on any atom is 0.217 e. The molecule has 0 bridgehead atoms. The van der Waals surface area contributed by atoms with E-state index in [1.54, 1.807) is 23.3 Å². The number of furan rings is 1. The smallest absolute Gasteiger partial charge is 0.217 e. The van der Waals surface area contributed by atoms with Gasteiger partial charge in [0, 0.05) is 12.8 Å². The first-order valence-corrected chi connectivity index (χ1v) is 6.94. The van der Waals surface area contributed by atoms with Gasteiger partial charge in [-0.25, -0.2) is 9.67 Å². The lowest BCUT2D eigenvalue weighted by molar-refractivity contribution is 0.103. The second-order valence-electron chi connectivity index (χ2n) is 4.90. The van der Waals surface area contributed by atoms with Crippen molar-refractivity contribution < 1.29 is 9.15 Å². The summed E-state index contributed by atoms with van der Waals surface area (Å²) in [6, 6.07) is 7.50. The highest BCUT2D eigenvalue weighted by molar-refractivity contribution is 5.47. The molecule has 3 aromatic heterocycles. The minimum atomic E-state index is -0.0265. The molecule has 0 saturated carbocycles. The molecule has 6 nitrogen and oxygen atoms in total. The average Bonchev–Trinajstić information content (AvgIpc) is 3.27. The van der Waals surface area contributed by atoms with E-state index in [1.807, 2.05) is 24.3 Å². The largest absolute Gasteiger partial charge is 0.461 e. The van der Waals surface area contributed by atoms with Gasteiger partial charge >= 0.3 is 0 Å². The number of hydrogen-bond acceptors (Lipinski definition) is 5. The molecule has 6 heteroatoms. The maximum atomic E-state index is 5.76. The van der Waals surface area contributed by atoms with Crippen LogP contribution < -0.4 is 0 Å². The van der Waals surface area contributed by atoms with Crippen LogP contribution in [-0.2, 0) is 4.74 Å². The summed E-state index contributed by atoms with van der Waals surface area (Å²) in [5, 5.41) is 4.56. The van der Waals surface area contributed by atoms with E-state index in [0.717, 1.165) is 31.0 Å². The van der Waals surface area contributed by atoms with E-state index >= 15 is 0 Å². The topological polar surface area (TPSA) is 66.0 Å². The summed E-state index contributed by atoms with van der Waals surface area (Å²) < 4.78 is 12.9. The second-order valence-corrected chi connectivity index (χ2v) is 4.90. The van der Waals surface area contributed by atoms with Gasteiger partial charge in [-0.05, 0) is 37.1 Å². The zero-order valence-corrected chi connectivity index (χ0v) is 11.3. The van der Waals surface area contributed by atoms with Gasteiger partial charge in [-0.3, -0.25) is 4.98 Å². The first-order valence-electron chi connectivity index (χ1n) is 6.94. The summed E-state index contributed by atoms with van der Waals surface area (Å²) in [7, 11) is 0. The highest BCUT2D eigenvalue weighted by Gasteiger charge is 2.26. The Labute approximate surface area is 121 Å². The van der Waals surface area contributed by atoms with Gasteiger partial charge in [-0.1, -0.05) is 0 Å². The lowest BCUT2D eigenvalue weighted by atomic mass is 10.2. The van der Waals surface area contributed by atoms with Gasteiger partial charge in [0.1, 0.15) is 6.10 Å². The normalized spacial score (nSPS) is 18.2. The summed E-state index contributed by atoms with van der Waals surface area (Å²) in [6.45, 7) is 0.765. The minimum Gasteiger partial charge on any atom is -0.461 e. The molecule has 1 atom stereocenters. The van der Waals surface area contributed by atoms with Crippen LogP contribution in [0.5, 0.6) is 0 Å². The third-order valence-electron chi connectivity index (χ3n) is 3.48. The molecule has 1 unspecified atom stereocenters. The van der Waals surface area contributed by atoms with E-state index < -0.39 is 0 Å². The highest BCUT2D eigenvalue weighted by Crippen LogP contribution is 2.30. The van der Waals surface area contributed by atoms with Gasteiger partial charge < -0.3 is 9.15 Å². The Kier molecular flexibility index (Phi) is 3.01. The molecule has 0 spiro atoms. The molecule has 4 rings (SSSR count). The van der Waals surface area contributed by atoms with Gasteiger partial charge in [-0.2, -0.15) is 0 Å². The molecule has 1 fully saturated rings. The Morgan fingerprint density at radius 3 is 2.95 bits per heavy atom. The fourth-order valence-electron chi connectivity index (χ4n) is 2.49. The third kappa shape index (κ3) is 2.23. The third-order valence-corrected chi connectivity index (χ3v) is 3.48. The van der Waals surface area contributed by atoms with Crippen LogP contribution in [0.2, 0.25) is 0 Å². The molecule has 4 heterocycles. The average molecular weight is 282 g/mol. The van der Waals surface area contributed by atoms with Gasteiger partial charge in [0.15, 0.2) is 11.6 Å². The summed E-state index contributed by atoms with van der Waals surface area (Å²) in [6.07, 6.45) is 7.09. The minimum absolute atomic E-state index is 0.0265. The van der Waals surface area contributed by atoms with Gasteiger partial charge in [-0.15, -0.1) is 5.10 Å². The standard InChI is InChI=1S/C15H14N4O2/c1-4-11(10-16-7-1)19-15(13-6-3-9-21-13)17-14(18-19)12-5-2-8-20-12/h1-2,4-5,7-8,10,13H,3,6,9H2. The summed E-state index contributed by atoms with van der Waals surface area (Å²) in [4.78, 5) is 8.76. The number of rotatable bonds is 3. The molecule has 1 aliphatic heterocycles. The summed E-state index contributed by atoms with van der Waals surface area (Å²) >= 11 is 0. The molecule has 0 aliphatic carbocycles. The SMILES string of the molecule is c1cncc(-n2nc(-c3ccco3)nc2C2CCCO2)c1. The highest BCUT2D eigenvalue weighted by atomic mass is 16.5. The summed E-state index contributed by atoms with van der Waals surface area (Å²) in [5.41, 5.74) is 0.869. The molecule has 0 aromatic carbocycles. The number of ether oxygens (including phenoxy) is 1. The van der Waals surface area contributed by atoms with Crippen molar-refractivity contribution in [2.24, 2.45) is 0 Å². The van der Waals surface area contributed by atoms with Crippen LogP contribution in [0.3, 0.4) is 0 Å². The Hall–Kier alpha value is -2.47. The van der Waals surface area contributed by atoms with E-state index in [1.165, 1.54) is 0 Å². The summed E-state index contributed by atoms with van der Waals surface area (Å²) in [5.74, 6) is 2.01. The predicted octanol–water partition coefficient (Wildman–Crippen LogP) is 2.77. The van der Waals surface area contributed by atoms with Crippen LogP contribution >= 0.6 is 0 Å². The Bertz CT molecular complexity index is 715. The van der Waals surface area contributed by atoms with E-state index in [4.69, 9.17) is 9.15 Å². The van der Waals surface area contributed by atoms with Crippen LogP contribution in [0.4, 0.5) is 0 Å². The van der Waals surface area contributed by atoms with Crippen LogP contribution in [0, 0.1) is 0 Å². The predicted molar refractivity (Wildman–Crippen MR) is 74.8 cm³/mol. The first kappa shape index (κ1) is 12.3. The number of pyridine rings is 1. The number of aromatic nitrogens is 4. The molecule has 0 N–H and O–H groups in total. The molecule has 0 radical (unpaired) electrons. The van der Waals surface area contributed by atoms with Gasteiger partial charge in [0.2, 0.25) is 5.82 Å². The number of nitrogens with zero attached hydrogens (tertiary/aromatic N) is 4. The van der Waals surface area contributed by atoms with Crippen molar-refractivity contribution >= 4 is 0 Å². The zero-order chi connectivity index (χ0) is 14.1. The maximum absolute atomic E-state index is 5.76. The van der Waals surface area contributed by atoms with Gasteiger partial charge in [0.25, 0.3) is 0 Å². The molecule has 106 valence electrons. The Balaban J connectivity index is 1.83. The van der Waals surface area contributed by atoms with Crippen LogP contribution in [-0.4, -0.2) is 26.4 Å². The quantitative estimate of drug-likeness (QED) is 0.739. The van der Waals surface area contributed by atoms with Crippen molar-refractivity contribution in [1.29, 1.82) is 0 Å². The lowest BCUT2D eigenvalue weighted by Gasteiger charge is -2.10. The van der Waals surface area contributed by atoms with E-state index in [-0.39, 0.29) is 6.10 Å². The lowest BCUT2D eigenvalue weighted by Crippen LogP contribution is -2.08. The fraction of sp³-hybridized carbons (Fsp3) is 0.267. The van der Waals surface area contributed by atoms with Gasteiger partial charge in [0.05, 0.1) is 18.1 Å². The zero-order valence-electron chi connectivity index (χ0n) is 11.3.